The SMILES string of the molecule is COCc1cc(CNC(=O)[C@H]2COc3ccc(OC)cc3C2)[nH]n1. The maximum Gasteiger partial charge on any atom is 0.227 e. The first kappa shape index (κ1) is 16.3. The van der Waals surface area contributed by atoms with Gasteiger partial charge in [0, 0.05) is 7.11 Å². The van der Waals surface area contributed by atoms with Crippen molar-refractivity contribution in [1.29, 1.82) is 0 Å². The van der Waals surface area contributed by atoms with Crippen LogP contribution in [0.25, 0.3) is 0 Å². The van der Waals surface area contributed by atoms with E-state index in [2.05, 4.69) is 15.5 Å². The summed E-state index contributed by atoms with van der Waals surface area (Å²) in [6.45, 7) is 1.22. The summed E-state index contributed by atoms with van der Waals surface area (Å²) < 4.78 is 15.9. The molecule has 1 aromatic carbocycles. The minimum Gasteiger partial charge on any atom is -0.497 e. The lowest BCUT2D eigenvalue weighted by Crippen LogP contribution is -2.37. The van der Waals surface area contributed by atoms with Crippen LogP contribution in [0.5, 0.6) is 11.5 Å². The Morgan fingerprint density at radius 1 is 1.42 bits per heavy atom. The fraction of sp³-hybridized carbons (Fsp3) is 0.412. The maximum absolute atomic E-state index is 12.4. The molecule has 7 nitrogen and oxygen atoms in total. The van der Waals surface area contributed by atoms with Gasteiger partial charge in [-0.15, -0.1) is 0 Å². The molecule has 2 heterocycles. The van der Waals surface area contributed by atoms with Crippen LogP contribution >= 0.6 is 0 Å². The van der Waals surface area contributed by atoms with Crippen LogP contribution in [0.3, 0.4) is 0 Å². The minimum absolute atomic E-state index is 0.0358. The number of H-pyrrole nitrogens is 1. The van der Waals surface area contributed by atoms with Gasteiger partial charge in [0.25, 0.3) is 0 Å². The highest BCUT2D eigenvalue weighted by Crippen LogP contribution is 2.30. The van der Waals surface area contributed by atoms with E-state index in [1.165, 1.54) is 0 Å². The lowest BCUT2D eigenvalue weighted by atomic mass is 9.96. The fourth-order valence-electron chi connectivity index (χ4n) is 2.71. The summed E-state index contributed by atoms with van der Waals surface area (Å²) in [5.41, 5.74) is 2.64. The number of amides is 1. The summed E-state index contributed by atoms with van der Waals surface area (Å²) in [5, 5.41) is 9.91. The molecule has 0 radical (unpaired) electrons. The molecule has 0 aliphatic carbocycles. The van der Waals surface area contributed by atoms with Gasteiger partial charge in [0.2, 0.25) is 5.91 Å². The molecule has 1 aliphatic heterocycles. The Hall–Kier alpha value is -2.54. The average molecular weight is 331 g/mol. The quantitative estimate of drug-likeness (QED) is 0.836. The van der Waals surface area contributed by atoms with E-state index < -0.39 is 0 Å². The van der Waals surface area contributed by atoms with Crippen molar-refractivity contribution in [3.05, 3.63) is 41.2 Å². The van der Waals surface area contributed by atoms with Gasteiger partial charge in [0.05, 0.1) is 37.6 Å². The second-order valence-corrected chi connectivity index (χ2v) is 5.72. The number of rotatable bonds is 6. The van der Waals surface area contributed by atoms with E-state index in [4.69, 9.17) is 14.2 Å². The molecule has 7 heteroatoms. The van der Waals surface area contributed by atoms with E-state index in [0.29, 0.717) is 26.2 Å². The van der Waals surface area contributed by atoms with Crippen LogP contribution in [0.2, 0.25) is 0 Å². The first-order valence-corrected chi connectivity index (χ1v) is 7.79. The van der Waals surface area contributed by atoms with Gasteiger partial charge < -0.3 is 19.5 Å². The summed E-state index contributed by atoms with van der Waals surface area (Å²) in [7, 11) is 3.24. The van der Waals surface area contributed by atoms with Crippen molar-refractivity contribution in [2.45, 2.75) is 19.6 Å². The first-order chi connectivity index (χ1) is 11.7. The number of aromatic nitrogens is 2. The molecule has 128 valence electrons. The van der Waals surface area contributed by atoms with Crippen molar-refractivity contribution in [2.75, 3.05) is 20.8 Å². The van der Waals surface area contributed by atoms with Gasteiger partial charge in [0.1, 0.15) is 18.1 Å². The standard InChI is InChI=1S/C17H21N3O4/c1-22-10-14-7-13(19-20-14)8-18-17(21)12-5-11-6-15(23-2)3-4-16(11)24-9-12/h3-4,6-7,12H,5,8-10H2,1-2H3,(H,18,21)(H,19,20)/t12-/m1/s1. The van der Waals surface area contributed by atoms with Crippen molar-refractivity contribution >= 4 is 5.91 Å². The molecule has 2 aromatic rings. The smallest absolute Gasteiger partial charge is 0.227 e. The number of carbonyl (C=O) groups is 1. The maximum atomic E-state index is 12.4. The Morgan fingerprint density at radius 2 is 2.29 bits per heavy atom. The Kier molecular flexibility index (Phi) is 5.00. The van der Waals surface area contributed by atoms with E-state index >= 15 is 0 Å². The monoisotopic (exact) mass is 331 g/mol. The topological polar surface area (TPSA) is 85.5 Å². The molecule has 0 bridgehead atoms. The Morgan fingerprint density at radius 3 is 3.08 bits per heavy atom. The average Bonchev–Trinajstić information content (AvgIpc) is 3.06. The van der Waals surface area contributed by atoms with Crippen LogP contribution < -0.4 is 14.8 Å². The fourth-order valence-corrected chi connectivity index (χ4v) is 2.71. The number of nitrogens with zero attached hydrogens (tertiary/aromatic N) is 1. The van der Waals surface area contributed by atoms with E-state index in [1.807, 2.05) is 24.3 Å². The summed E-state index contributed by atoms with van der Waals surface area (Å²) in [4.78, 5) is 12.4. The molecule has 1 atom stereocenters. The molecule has 0 spiro atoms. The zero-order chi connectivity index (χ0) is 16.9. The summed E-state index contributed by atoms with van der Waals surface area (Å²) in [6, 6.07) is 7.53. The lowest BCUT2D eigenvalue weighted by Gasteiger charge is -2.24. The van der Waals surface area contributed by atoms with Gasteiger partial charge in [-0.25, -0.2) is 0 Å². The molecule has 24 heavy (non-hydrogen) atoms. The number of methoxy groups -OCH3 is 2. The van der Waals surface area contributed by atoms with Crippen LogP contribution in [-0.4, -0.2) is 36.9 Å². The number of aromatic amines is 1. The third-order valence-corrected chi connectivity index (χ3v) is 3.97. The zero-order valence-electron chi connectivity index (χ0n) is 13.8. The summed E-state index contributed by atoms with van der Waals surface area (Å²) in [5.74, 6) is 1.33. The number of hydrogen-bond donors (Lipinski definition) is 2. The Balaban J connectivity index is 1.57. The molecular weight excluding hydrogens is 310 g/mol. The van der Waals surface area contributed by atoms with Crippen LogP contribution in [0.15, 0.2) is 24.3 Å². The van der Waals surface area contributed by atoms with E-state index in [0.717, 1.165) is 28.5 Å². The van der Waals surface area contributed by atoms with E-state index in [9.17, 15) is 4.79 Å². The highest BCUT2D eigenvalue weighted by molar-refractivity contribution is 5.79. The highest BCUT2D eigenvalue weighted by atomic mass is 16.5. The molecule has 0 unspecified atom stereocenters. The van der Waals surface area contributed by atoms with Gasteiger partial charge in [-0.2, -0.15) is 5.10 Å². The Labute approximate surface area is 140 Å². The van der Waals surface area contributed by atoms with E-state index in [1.54, 1.807) is 14.2 Å². The summed E-state index contributed by atoms with van der Waals surface area (Å²) in [6.07, 6.45) is 0.635. The molecule has 1 amide bonds. The van der Waals surface area contributed by atoms with Crippen molar-refractivity contribution in [2.24, 2.45) is 5.92 Å². The van der Waals surface area contributed by atoms with Crippen LogP contribution in [-0.2, 0) is 29.1 Å². The zero-order valence-corrected chi connectivity index (χ0v) is 13.8. The third-order valence-electron chi connectivity index (χ3n) is 3.97. The van der Waals surface area contributed by atoms with Crippen molar-refractivity contribution in [1.82, 2.24) is 15.5 Å². The minimum atomic E-state index is -0.217. The number of hydrogen-bond acceptors (Lipinski definition) is 5. The second-order valence-electron chi connectivity index (χ2n) is 5.72. The first-order valence-electron chi connectivity index (χ1n) is 7.79. The number of fused-ring (bicyclic) bond motifs is 1. The molecule has 1 aliphatic rings. The predicted octanol–water partition coefficient (Wildman–Crippen LogP) is 1.43. The Bertz CT molecular complexity index is 714. The van der Waals surface area contributed by atoms with Gasteiger partial charge in [-0.3, -0.25) is 9.89 Å². The number of nitrogens with one attached hydrogen (secondary N) is 2. The van der Waals surface area contributed by atoms with Crippen molar-refractivity contribution in [3.8, 4) is 11.5 Å². The largest absolute Gasteiger partial charge is 0.497 e. The molecule has 2 N–H and O–H groups in total. The molecule has 3 rings (SSSR count). The normalized spacial score (nSPS) is 16.2. The highest BCUT2D eigenvalue weighted by Gasteiger charge is 2.26. The van der Waals surface area contributed by atoms with Crippen molar-refractivity contribution in [3.63, 3.8) is 0 Å². The molecule has 1 aromatic heterocycles. The molecular formula is C17H21N3O4. The number of ether oxygens (including phenoxy) is 3. The number of benzene rings is 1. The van der Waals surface area contributed by atoms with Crippen LogP contribution in [0.1, 0.15) is 17.0 Å². The van der Waals surface area contributed by atoms with E-state index in [-0.39, 0.29) is 11.8 Å². The second kappa shape index (κ2) is 7.35. The third kappa shape index (κ3) is 3.68. The predicted molar refractivity (Wildman–Crippen MR) is 86.8 cm³/mol. The van der Waals surface area contributed by atoms with Gasteiger partial charge in [-0.05, 0) is 36.2 Å². The van der Waals surface area contributed by atoms with Gasteiger partial charge >= 0.3 is 0 Å². The molecule has 0 saturated carbocycles. The van der Waals surface area contributed by atoms with Crippen LogP contribution in [0, 0.1) is 5.92 Å². The van der Waals surface area contributed by atoms with Crippen LogP contribution in [0.4, 0.5) is 0 Å². The lowest BCUT2D eigenvalue weighted by molar-refractivity contribution is -0.126. The van der Waals surface area contributed by atoms with Gasteiger partial charge in [-0.1, -0.05) is 0 Å². The van der Waals surface area contributed by atoms with Gasteiger partial charge in [0.15, 0.2) is 0 Å². The van der Waals surface area contributed by atoms with Crippen molar-refractivity contribution < 1.29 is 19.0 Å². The molecule has 0 saturated heterocycles. The summed E-state index contributed by atoms with van der Waals surface area (Å²) >= 11 is 0. The number of carbonyl (C=O) groups excluding carboxylic acids is 1. The molecule has 0 fully saturated rings.